The largest absolute Gasteiger partial charge is 0.496 e. The second-order valence-electron chi connectivity index (χ2n) is 8.23. The van der Waals surface area contributed by atoms with Crippen molar-refractivity contribution in [2.45, 2.75) is 24.3 Å². The number of rotatable bonds is 11. The Balaban J connectivity index is 2.00. The highest BCUT2D eigenvalue weighted by Crippen LogP contribution is 2.34. The van der Waals surface area contributed by atoms with Crippen LogP contribution in [-0.2, 0) is 26.0 Å². The van der Waals surface area contributed by atoms with Crippen LogP contribution in [0.4, 0.5) is 5.69 Å². The van der Waals surface area contributed by atoms with Crippen LogP contribution >= 0.6 is 0 Å². The minimum atomic E-state index is -4.12. The molecule has 10 nitrogen and oxygen atoms in total. The Kier molecular flexibility index (Phi) is 9.32. The minimum Gasteiger partial charge on any atom is -0.496 e. The molecule has 0 aliphatic carbocycles. The number of sulfonamides is 1. The van der Waals surface area contributed by atoms with E-state index in [9.17, 15) is 18.0 Å². The molecule has 0 saturated heterocycles. The van der Waals surface area contributed by atoms with Gasteiger partial charge in [-0.15, -0.1) is 0 Å². The average molecular weight is 543 g/mol. The van der Waals surface area contributed by atoms with E-state index in [1.54, 1.807) is 37.3 Å². The van der Waals surface area contributed by atoms with E-state index in [4.69, 9.17) is 18.9 Å². The molecule has 0 bridgehead atoms. The molecule has 0 spiro atoms. The van der Waals surface area contributed by atoms with Crippen molar-refractivity contribution in [3.63, 3.8) is 0 Å². The second kappa shape index (κ2) is 12.4. The molecule has 0 radical (unpaired) electrons. The lowest BCUT2D eigenvalue weighted by atomic mass is 10.1. The maximum Gasteiger partial charge on any atom is 0.340 e. The summed E-state index contributed by atoms with van der Waals surface area (Å²) in [6.07, 6.45) is 0.0435. The Morgan fingerprint density at radius 3 is 2.05 bits per heavy atom. The van der Waals surface area contributed by atoms with E-state index < -0.39 is 27.9 Å². The maximum absolute atomic E-state index is 13.5. The SMILES string of the molecule is COC(=O)c1cc(OC)c(OC)cc1NC(=O)[C@@H](Cc1ccccc1)NS(=O)(=O)c1ccc(OC)c(C)c1. The van der Waals surface area contributed by atoms with Crippen LogP contribution in [0.15, 0.2) is 65.6 Å². The van der Waals surface area contributed by atoms with E-state index in [0.717, 1.165) is 5.56 Å². The van der Waals surface area contributed by atoms with E-state index in [-0.39, 0.29) is 34.1 Å². The summed E-state index contributed by atoms with van der Waals surface area (Å²) in [6, 6.07) is 14.9. The number of methoxy groups -OCH3 is 4. The van der Waals surface area contributed by atoms with Gasteiger partial charge in [0.05, 0.1) is 44.6 Å². The molecule has 0 heterocycles. The van der Waals surface area contributed by atoms with Crippen molar-refractivity contribution < 1.29 is 37.0 Å². The van der Waals surface area contributed by atoms with Crippen molar-refractivity contribution in [2.75, 3.05) is 33.8 Å². The zero-order valence-corrected chi connectivity index (χ0v) is 22.5. The van der Waals surface area contributed by atoms with Gasteiger partial charge in [-0.3, -0.25) is 4.79 Å². The number of aryl methyl sites for hydroxylation is 1. The summed E-state index contributed by atoms with van der Waals surface area (Å²) < 4.78 is 49.7. The number of carbonyl (C=O) groups is 2. The molecule has 0 fully saturated rings. The Morgan fingerprint density at radius 2 is 1.47 bits per heavy atom. The molecule has 0 aliphatic rings. The molecule has 1 atom stereocenters. The molecule has 3 rings (SSSR count). The standard InChI is InChI=1S/C27H30N2O8S/c1-17-13-19(11-12-23(17)34-2)38(32,33)29-22(14-18-9-7-6-8-10-18)26(30)28-21-16-25(36-4)24(35-3)15-20(21)27(31)37-5/h6-13,15-16,22,29H,14H2,1-5H3,(H,28,30)/t22-/m1/s1. The lowest BCUT2D eigenvalue weighted by Crippen LogP contribution is -2.45. The third-order valence-electron chi connectivity index (χ3n) is 5.76. The Labute approximate surface area is 221 Å². The van der Waals surface area contributed by atoms with Gasteiger partial charge in [-0.2, -0.15) is 4.72 Å². The van der Waals surface area contributed by atoms with Crippen LogP contribution in [0, 0.1) is 6.92 Å². The molecule has 3 aromatic rings. The van der Waals surface area contributed by atoms with E-state index >= 15 is 0 Å². The van der Waals surface area contributed by atoms with Crippen LogP contribution in [0.5, 0.6) is 17.2 Å². The quantitative estimate of drug-likeness (QED) is 0.353. The van der Waals surface area contributed by atoms with Crippen molar-refractivity contribution in [1.29, 1.82) is 0 Å². The first-order valence-electron chi connectivity index (χ1n) is 11.5. The lowest BCUT2D eigenvalue weighted by molar-refractivity contribution is -0.117. The first-order valence-corrected chi connectivity index (χ1v) is 13.0. The fraction of sp³-hybridized carbons (Fsp3) is 0.259. The Bertz CT molecular complexity index is 1410. The minimum absolute atomic E-state index is 0.00518. The number of nitrogens with one attached hydrogen (secondary N) is 2. The number of ether oxygens (including phenoxy) is 4. The number of amides is 1. The molecular weight excluding hydrogens is 512 g/mol. The first kappa shape index (κ1) is 28.5. The van der Waals surface area contributed by atoms with Gasteiger partial charge in [0.25, 0.3) is 0 Å². The molecule has 0 unspecified atom stereocenters. The van der Waals surface area contributed by atoms with E-state index in [2.05, 4.69) is 10.0 Å². The molecule has 0 aromatic heterocycles. The Hall–Kier alpha value is -4.09. The Morgan fingerprint density at radius 1 is 0.842 bits per heavy atom. The molecule has 0 saturated carbocycles. The zero-order chi connectivity index (χ0) is 27.9. The highest BCUT2D eigenvalue weighted by molar-refractivity contribution is 7.89. The molecule has 38 heavy (non-hydrogen) atoms. The van der Waals surface area contributed by atoms with Crippen LogP contribution in [0.3, 0.4) is 0 Å². The van der Waals surface area contributed by atoms with Crippen LogP contribution in [0.2, 0.25) is 0 Å². The van der Waals surface area contributed by atoms with Crippen LogP contribution in [0.25, 0.3) is 0 Å². The number of esters is 1. The normalized spacial score (nSPS) is 11.8. The summed E-state index contributed by atoms with van der Waals surface area (Å²) in [5.74, 6) is -0.381. The van der Waals surface area contributed by atoms with Crippen LogP contribution in [-0.4, -0.2) is 54.8 Å². The van der Waals surface area contributed by atoms with Gasteiger partial charge in [0.2, 0.25) is 15.9 Å². The molecular formula is C27H30N2O8S. The summed E-state index contributed by atoms with van der Waals surface area (Å²) >= 11 is 0. The smallest absolute Gasteiger partial charge is 0.340 e. The lowest BCUT2D eigenvalue weighted by Gasteiger charge is -2.21. The number of hydrogen-bond acceptors (Lipinski definition) is 8. The second-order valence-corrected chi connectivity index (χ2v) is 9.94. The van der Waals surface area contributed by atoms with Gasteiger partial charge in [0, 0.05) is 12.1 Å². The summed E-state index contributed by atoms with van der Waals surface area (Å²) in [4.78, 5) is 26.0. The number of carbonyl (C=O) groups excluding carboxylic acids is 2. The fourth-order valence-electron chi connectivity index (χ4n) is 3.79. The van der Waals surface area contributed by atoms with Gasteiger partial charge in [-0.25, -0.2) is 13.2 Å². The summed E-state index contributed by atoms with van der Waals surface area (Å²) in [5, 5.41) is 2.65. The van der Waals surface area contributed by atoms with E-state index in [1.165, 1.54) is 52.7 Å². The predicted octanol–water partition coefficient (Wildman–Crippen LogP) is 3.34. The molecule has 11 heteroatoms. The topological polar surface area (TPSA) is 129 Å². The monoisotopic (exact) mass is 542 g/mol. The summed E-state index contributed by atoms with van der Waals surface area (Å²) in [6.45, 7) is 1.72. The predicted molar refractivity (Wildman–Crippen MR) is 142 cm³/mol. The number of anilines is 1. The van der Waals surface area contributed by atoms with Crippen molar-refractivity contribution in [2.24, 2.45) is 0 Å². The van der Waals surface area contributed by atoms with Gasteiger partial charge >= 0.3 is 5.97 Å². The van der Waals surface area contributed by atoms with Crippen LogP contribution in [0.1, 0.15) is 21.5 Å². The van der Waals surface area contributed by atoms with Crippen molar-refractivity contribution in [3.05, 3.63) is 77.4 Å². The molecule has 3 aromatic carbocycles. The maximum atomic E-state index is 13.5. The fourth-order valence-corrected chi connectivity index (χ4v) is 5.07. The van der Waals surface area contributed by atoms with Gasteiger partial charge in [-0.05, 0) is 42.7 Å². The van der Waals surface area contributed by atoms with Crippen molar-refractivity contribution in [1.82, 2.24) is 4.72 Å². The van der Waals surface area contributed by atoms with Crippen LogP contribution < -0.4 is 24.2 Å². The van der Waals surface area contributed by atoms with Gasteiger partial charge < -0.3 is 24.3 Å². The average Bonchev–Trinajstić information content (AvgIpc) is 2.92. The van der Waals surface area contributed by atoms with Crippen molar-refractivity contribution in [3.8, 4) is 17.2 Å². The van der Waals surface area contributed by atoms with E-state index in [0.29, 0.717) is 11.3 Å². The van der Waals surface area contributed by atoms with Gasteiger partial charge in [-0.1, -0.05) is 30.3 Å². The summed E-state index contributed by atoms with van der Waals surface area (Å²) in [7, 11) is 1.38. The van der Waals surface area contributed by atoms with Gasteiger partial charge in [0.15, 0.2) is 11.5 Å². The summed E-state index contributed by atoms with van der Waals surface area (Å²) in [5.41, 5.74) is 1.41. The van der Waals surface area contributed by atoms with Crippen molar-refractivity contribution >= 4 is 27.6 Å². The zero-order valence-electron chi connectivity index (χ0n) is 21.7. The number of hydrogen-bond donors (Lipinski definition) is 2. The third-order valence-corrected chi connectivity index (χ3v) is 7.23. The highest BCUT2D eigenvalue weighted by atomic mass is 32.2. The highest BCUT2D eigenvalue weighted by Gasteiger charge is 2.28. The van der Waals surface area contributed by atoms with E-state index in [1.807, 2.05) is 6.07 Å². The molecule has 1 amide bonds. The molecule has 2 N–H and O–H groups in total. The molecule has 0 aliphatic heterocycles. The number of benzene rings is 3. The third kappa shape index (κ3) is 6.61. The molecule has 202 valence electrons. The first-order chi connectivity index (χ1) is 18.1. The van der Waals surface area contributed by atoms with Gasteiger partial charge in [0.1, 0.15) is 11.8 Å².